The van der Waals surface area contributed by atoms with Crippen molar-refractivity contribution < 1.29 is 42.1 Å². The Morgan fingerprint density at radius 2 is 1.56 bits per heavy atom. The fraction of sp³-hybridized carbons (Fsp3) is 0.769. The van der Waals surface area contributed by atoms with Crippen LogP contribution < -0.4 is 0 Å². The van der Waals surface area contributed by atoms with Crippen molar-refractivity contribution in [2.45, 2.75) is 84.2 Å². The van der Waals surface area contributed by atoms with Gasteiger partial charge in [-0.1, -0.05) is 56.9 Å². The van der Waals surface area contributed by atoms with Crippen LogP contribution in [0.15, 0.2) is 24.3 Å². The van der Waals surface area contributed by atoms with E-state index in [1.807, 2.05) is 21.1 Å². The van der Waals surface area contributed by atoms with Gasteiger partial charge in [0.05, 0.1) is 27.7 Å². The van der Waals surface area contributed by atoms with E-state index in [9.17, 15) is 19.0 Å². The number of unbranched alkanes of at least 4 members (excludes halogenated alkanes) is 6. The predicted molar refractivity (Wildman–Crippen MR) is 141 cm³/mol. The van der Waals surface area contributed by atoms with Crippen LogP contribution in [-0.2, 0) is 32.7 Å². The molecule has 0 saturated carbocycles. The lowest BCUT2D eigenvalue weighted by Crippen LogP contribution is -2.37. The molecule has 9 nitrogen and oxygen atoms in total. The number of hydrogen-bond donors (Lipinski definition) is 1. The molecule has 36 heavy (non-hydrogen) atoms. The minimum atomic E-state index is -4.32. The molecule has 0 bridgehead atoms. The first-order valence-electron chi connectivity index (χ1n) is 13.0. The van der Waals surface area contributed by atoms with Gasteiger partial charge in [0.15, 0.2) is 6.10 Å². The van der Waals surface area contributed by atoms with Gasteiger partial charge in [-0.15, -0.1) is 0 Å². The number of nitrogens with zero attached hydrogens (tertiary/aromatic N) is 1. The van der Waals surface area contributed by atoms with E-state index in [-0.39, 0.29) is 19.6 Å². The quantitative estimate of drug-likeness (QED) is 0.0652. The van der Waals surface area contributed by atoms with E-state index in [4.69, 9.17) is 18.5 Å². The zero-order valence-corrected chi connectivity index (χ0v) is 23.9. The molecule has 0 amide bonds. The van der Waals surface area contributed by atoms with Gasteiger partial charge in [0.2, 0.25) is 0 Å². The molecule has 0 aromatic rings. The Hall–Kier alpha value is -1.51. The van der Waals surface area contributed by atoms with Gasteiger partial charge in [-0.3, -0.25) is 18.6 Å². The lowest BCUT2D eigenvalue weighted by atomic mass is 10.1. The maximum Gasteiger partial charge on any atom is 0.472 e. The molecule has 210 valence electrons. The summed E-state index contributed by atoms with van der Waals surface area (Å²) in [7, 11) is 1.45. The Kier molecular flexibility index (Phi) is 19.7. The monoisotopic (exact) mass is 534 g/mol. The number of quaternary nitrogens is 1. The molecule has 0 rings (SSSR count). The van der Waals surface area contributed by atoms with Gasteiger partial charge in [0.25, 0.3) is 0 Å². The van der Waals surface area contributed by atoms with E-state index >= 15 is 0 Å². The molecule has 0 aliphatic rings. The maximum atomic E-state index is 12.2. The number of phosphoric acid groups is 1. The second kappa shape index (κ2) is 20.5. The van der Waals surface area contributed by atoms with Crippen molar-refractivity contribution in [1.29, 1.82) is 0 Å². The Morgan fingerprint density at radius 1 is 0.917 bits per heavy atom. The molecule has 2 unspecified atom stereocenters. The fourth-order valence-electron chi connectivity index (χ4n) is 2.95. The van der Waals surface area contributed by atoms with Crippen LogP contribution in [0.1, 0.15) is 78.1 Å². The molecule has 0 aliphatic carbocycles. The highest BCUT2D eigenvalue weighted by Gasteiger charge is 2.26. The van der Waals surface area contributed by atoms with Crippen LogP contribution in [-0.4, -0.2) is 74.9 Å². The molecule has 10 heteroatoms. The summed E-state index contributed by atoms with van der Waals surface area (Å²) in [5, 5.41) is 0. The standard InChI is InChI=1S/C26H48NO8P/c1-6-7-8-9-10-11-12-13-14-15-16-17-18-19-26(29)35-25(22-32-24(2)28)23-34-36(30,31)33-21-20-27(3,4)5/h8-9,11-12,25H,6-7,10,13-23H2,1-5H3/p+1/b9-8-,12-11-. The molecule has 0 heterocycles. The van der Waals surface area contributed by atoms with Gasteiger partial charge in [-0.05, 0) is 32.1 Å². The van der Waals surface area contributed by atoms with Gasteiger partial charge in [0, 0.05) is 13.3 Å². The SMILES string of the molecule is CCC/C=C\C/C=C\CCCCCCCC(=O)OC(COC(C)=O)COP(=O)(O)OCC[N+](C)(C)C. The van der Waals surface area contributed by atoms with Gasteiger partial charge < -0.3 is 18.9 Å². The van der Waals surface area contributed by atoms with Crippen LogP contribution in [0.25, 0.3) is 0 Å². The summed E-state index contributed by atoms with van der Waals surface area (Å²) in [6.45, 7) is 3.25. The molecule has 2 atom stereocenters. The van der Waals surface area contributed by atoms with Crippen molar-refractivity contribution in [2.75, 3.05) is 47.5 Å². The Bertz CT molecular complexity index is 703. The molecule has 0 spiro atoms. The third kappa shape index (κ3) is 24.2. The Morgan fingerprint density at radius 3 is 2.19 bits per heavy atom. The molecule has 0 aromatic heterocycles. The summed E-state index contributed by atoms with van der Waals surface area (Å²) in [5.41, 5.74) is 0. The summed E-state index contributed by atoms with van der Waals surface area (Å²) < 4.78 is 32.8. The molecule has 0 fully saturated rings. The molecule has 0 radical (unpaired) electrons. The zero-order chi connectivity index (χ0) is 27.3. The van der Waals surface area contributed by atoms with Crippen LogP contribution in [0.2, 0.25) is 0 Å². The van der Waals surface area contributed by atoms with E-state index in [1.54, 1.807) is 0 Å². The van der Waals surface area contributed by atoms with Gasteiger partial charge in [-0.25, -0.2) is 4.57 Å². The van der Waals surface area contributed by atoms with Crippen LogP contribution in [0, 0.1) is 0 Å². The van der Waals surface area contributed by atoms with E-state index in [0.29, 0.717) is 17.4 Å². The van der Waals surface area contributed by atoms with E-state index in [2.05, 4.69) is 31.2 Å². The lowest BCUT2D eigenvalue weighted by molar-refractivity contribution is -0.870. The van der Waals surface area contributed by atoms with Crippen LogP contribution in [0.3, 0.4) is 0 Å². The largest absolute Gasteiger partial charge is 0.472 e. The second-order valence-corrected chi connectivity index (χ2v) is 11.3. The maximum absolute atomic E-state index is 12.2. The number of ether oxygens (including phenoxy) is 2. The van der Waals surface area contributed by atoms with Crippen LogP contribution in [0.5, 0.6) is 0 Å². The second-order valence-electron chi connectivity index (χ2n) is 9.80. The van der Waals surface area contributed by atoms with Gasteiger partial charge >= 0.3 is 19.8 Å². The van der Waals surface area contributed by atoms with Crippen LogP contribution >= 0.6 is 7.82 Å². The molecule has 0 saturated heterocycles. The highest BCUT2D eigenvalue weighted by Crippen LogP contribution is 2.43. The van der Waals surface area contributed by atoms with Gasteiger partial charge in [-0.2, -0.15) is 0 Å². The first-order valence-corrected chi connectivity index (χ1v) is 14.5. The molecule has 0 aliphatic heterocycles. The minimum Gasteiger partial charge on any atom is -0.462 e. The highest BCUT2D eigenvalue weighted by molar-refractivity contribution is 7.47. The summed E-state index contributed by atoms with van der Waals surface area (Å²) in [6.07, 6.45) is 17.3. The molecule has 1 N–H and O–H groups in total. The Balaban J connectivity index is 4.18. The third-order valence-electron chi connectivity index (χ3n) is 5.02. The van der Waals surface area contributed by atoms with Crippen LogP contribution in [0.4, 0.5) is 0 Å². The van der Waals surface area contributed by atoms with Crippen molar-refractivity contribution in [1.82, 2.24) is 0 Å². The molecule has 0 aromatic carbocycles. The van der Waals surface area contributed by atoms with Crippen molar-refractivity contribution in [2.24, 2.45) is 0 Å². The number of carbonyl (C=O) groups is 2. The minimum absolute atomic E-state index is 0.0261. The lowest BCUT2D eigenvalue weighted by Gasteiger charge is -2.24. The van der Waals surface area contributed by atoms with E-state index in [0.717, 1.165) is 44.9 Å². The average molecular weight is 535 g/mol. The first-order chi connectivity index (χ1) is 16.9. The zero-order valence-electron chi connectivity index (χ0n) is 23.0. The average Bonchev–Trinajstić information content (AvgIpc) is 2.77. The van der Waals surface area contributed by atoms with Crippen molar-refractivity contribution >= 4 is 19.8 Å². The first kappa shape index (κ1) is 34.5. The number of allylic oxidation sites excluding steroid dienone is 4. The van der Waals surface area contributed by atoms with Crippen molar-refractivity contribution in [3.05, 3.63) is 24.3 Å². The van der Waals surface area contributed by atoms with E-state index in [1.165, 1.54) is 13.3 Å². The smallest absolute Gasteiger partial charge is 0.462 e. The number of hydrogen-bond acceptors (Lipinski definition) is 7. The normalized spacial score (nSPS) is 14.7. The predicted octanol–water partition coefficient (Wildman–Crippen LogP) is 5.33. The Labute approximate surface area is 218 Å². The third-order valence-corrected chi connectivity index (χ3v) is 6.01. The van der Waals surface area contributed by atoms with Crippen molar-refractivity contribution in [3.63, 3.8) is 0 Å². The number of likely N-dealkylation sites (N-methyl/N-ethyl adjacent to an activating group) is 1. The molecular formula is C26H49NO8P+. The number of phosphoric ester groups is 1. The highest BCUT2D eigenvalue weighted by atomic mass is 31.2. The summed E-state index contributed by atoms with van der Waals surface area (Å²) in [5.74, 6) is -1.02. The summed E-state index contributed by atoms with van der Waals surface area (Å²) in [6, 6.07) is 0. The summed E-state index contributed by atoms with van der Waals surface area (Å²) >= 11 is 0. The number of rotatable bonds is 22. The fourth-order valence-corrected chi connectivity index (χ4v) is 3.69. The number of carbonyl (C=O) groups excluding carboxylic acids is 2. The summed E-state index contributed by atoms with van der Waals surface area (Å²) in [4.78, 5) is 33.2. The van der Waals surface area contributed by atoms with E-state index < -0.39 is 32.5 Å². The van der Waals surface area contributed by atoms with Gasteiger partial charge in [0.1, 0.15) is 19.8 Å². The van der Waals surface area contributed by atoms with Crippen molar-refractivity contribution in [3.8, 4) is 0 Å². The topological polar surface area (TPSA) is 108 Å². The number of esters is 2. The molecular weight excluding hydrogens is 485 g/mol.